The highest BCUT2D eigenvalue weighted by Crippen LogP contribution is 2.37. The van der Waals surface area contributed by atoms with Crippen molar-refractivity contribution >= 4 is 0 Å². The van der Waals surface area contributed by atoms with Crippen LogP contribution in [0.25, 0.3) is 0 Å². The minimum atomic E-state index is 0.675. The topological polar surface area (TPSA) is 25.8 Å². The van der Waals surface area contributed by atoms with Crippen molar-refractivity contribution in [1.29, 1.82) is 0 Å². The molecular formula is C9H12N2. The van der Waals surface area contributed by atoms with Gasteiger partial charge in [0.1, 0.15) is 5.82 Å². The van der Waals surface area contributed by atoms with Crippen LogP contribution < -0.4 is 0 Å². The summed E-state index contributed by atoms with van der Waals surface area (Å²) in [7, 11) is 0. The quantitative estimate of drug-likeness (QED) is 0.608. The summed E-state index contributed by atoms with van der Waals surface area (Å²) in [5.41, 5.74) is 2.32. The van der Waals surface area contributed by atoms with Gasteiger partial charge in [0.05, 0.1) is 0 Å². The van der Waals surface area contributed by atoms with Gasteiger partial charge in [-0.2, -0.15) is 0 Å². The molecule has 1 aliphatic carbocycles. The molecule has 0 bridgehead atoms. The van der Waals surface area contributed by atoms with E-state index in [1.807, 2.05) is 20.0 Å². The van der Waals surface area contributed by atoms with Crippen LogP contribution in [0.5, 0.6) is 0 Å². The highest BCUT2D eigenvalue weighted by molar-refractivity contribution is 5.16. The van der Waals surface area contributed by atoms with E-state index >= 15 is 0 Å². The maximum absolute atomic E-state index is 4.42. The summed E-state index contributed by atoms with van der Waals surface area (Å²) in [6.45, 7) is 4.09. The first kappa shape index (κ1) is 6.77. The van der Waals surface area contributed by atoms with Crippen molar-refractivity contribution in [1.82, 2.24) is 9.97 Å². The lowest BCUT2D eigenvalue weighted by molar-refractivity contribution is 0.893. The molecule has 58 valence electrons. The molecule has 2 heteroatoms. The normalized spacial score (nSPS) is 16.9. The molecule has 1 fully saturated rings. The Morgan fingerprint density at radius 1 is 1.36 bits per heavy atom. The van der Waals surface area contributed by atoms with E-state index in [0.717, 1.165) is 11.5 Å². The van der Waals surface area contributed by atoms with Gasteiger partial charge < -0.3 is 0 Å². The Hall–Kier alpha value is -0.920. The van der Waals surface area contributed by atoms with Crippen LogP contribution in [0.1, 0.15) is 35.8 Å². The highest BCUT2D eigenvalue weighted by atomic mass is 14.9. The molecule has 0 aliphatic heterocycles. The van der Waals surface area contributed by atoms with Crippen LogP contribution in [0.3, 0.4) is 0 Å². The second-order valence-corrected chi connectivity index (χ2v) is 3.27. The van der Waals surface area contributed by atoms with Gasteiger partial charge in [0, 0.05) is 17.8 Å². The van der Waals surface area contributed by atoms with Gasteiger partial charge in [0.15, 0.2) is 0 Å². The van der Waals surface area contributed by atoms with Gasteiger partial charge >= 0.3 is 0 Å². The third-order valence-electron chi connectivity index (χ3n) is 2.19. The molecule has 11 heavy (non-hydrogen) atoms. The van der Waals surface area contributed by atoms with E-state index in [4.69, 9.17) is 0 Å². The molecule has 1 aromatic rings. The molecule has 1 aliphatic rings. The van der Waals surface area contributed by atoms with Crippen molar-refractivity contribution in [3.63, 3.8) is 0 Å². The smallest absolute Gasteiger partial charge is 0.131 e. The maximum Gasteiger partial charge on any atom is 0.131 e. The lowest BCUT2D eigenvalue weighted by Crippen LogP contribution is -1.96. The Balaban J connectivity index is 2.36. The Morgan fingerprint density at radius 3 is 2.64 bits per heavy atom. The second kappa shape index (κ2) is 2.29. The van der Waals surface area contributed by atoms with Crippen LogP contribution in [0.4, 0.5) is 0 Å². The fraction of sp³-hybridized carbons (Fsp3) is 0.556. The number of rotatable bonds is 1. The SMILES string of the molecule is Cc1cnc(C2CC2)nc1C. The summed E-state index contributed by atoms with van der Waals surface area (Å²) in [6, 6.07) is 0. The van der Waals surface area contributed by atoms with Crippen molar-refractivity contribution in [2.75, 3.05) is 0 Å². The maximum atomic E-state index is 4.42. The molecule has 0 atom stereocenters. The number of hydrogen-bond acceptors (Lipinski definition) is 2. The fourth-order valence-corrected chi connectivity index (χ4v) is 1.08. The van der Waals surface area contributed by atoms with Gasteiger partial charge in [0.25, 0.3) is 0 Å². The Bertz CT molecular complexity index is 277. The summed E-state index contributed by atoms with van der Waals surface area (Å²) in [4.78, 5) is 8.71. The molecule has 1 heterocycles. The van der Waals surface area contributed by atoms with Crippen LogP contribution in [-0.2, 0) is 0 Å². The zero-order chi connectivity index (χ0) is 7.84. The van der Waals surface area contributed by atoms with E-state index in [1.54, 1.807) is 0 Å². The summed E-state index contributed by atoms with van der Waals surface area (Å²) >= 11 is 0. The molecule has 2 rings (SSSR count). The molecule has 1 aromatic heterocycles. The fourth-order valence-electron chi connectivity index (χ4n) is 1.08. The predicted molar refractivity (Wildman–Crippen MR) is 43.5 cm³/mol. The number of hydrogen-bond donors (Lipinski definition) is 0. The number of nitrogens with zero attached hydrogens (tertiary/aromatic N) is 2. The molecule has 0 saturated heterocycles. The minimum absolute atomic E-state index is 0.675. The van der Waals surface area contributed by atoms with Crippen LogP contribution in [-0.4, -0.2) is 9.97 Å². The Morgan fingerprint density at radius 2 is 2.09 bits per heavy atom. The number of aryl methyl sites for hydroxylation is 2. The standard InChI is InChI=1S/C9H12N2/c1-6-5-10-9(8-3-4-8)11-7(6)2/h5,8H,3-4H2,1-2H3. The van der Waals surface area contributed by atoms with Crippen molar-refractivity contribution in [3.05, 3.63) is 23.3 Å². The summed E-state index contributed by atoms with van der Waals surface area (Å²) in [5.74, 6) is 1.72. The summed E-state index contributed by atoms with van der Waals surface area (Å²) in [6.07, 6.45) is 4.49. The zero-order valence-electron chi connectivity index (χ0n) is 6.96. The minimum Gasteiger partial charge on any atom is -0.241 e. The third-order valence-corrected chi connectivity index (χ3v) is 2.19. The largest absolute Gasteiger partial charge is 0.241 e. The second-order valence-electron chi connectivity index (χ2n) is 3.27. The summed E-state index contributed by atoms with van der Waals surface area (Å²) < 4.78 is 0. The van der Waals surface area contributed by atoms with Crippen molar-refractivity contribution < 1.29 is 0 Å². The average molecular weight is 148 g/mol. The predicted octanol–water partition coefficient (Wildman–Crippen LogP) is 1.97. The van der Waals surface area contributed by atoms with E-state index < -0.39 is 0 Å². The third kappa shape index (κ3) is 1.25. The van der Waals surface area contributed by atoms with Crippen molar-refractivity contribution in [3.8, 4) is 0 Å². The first-order chi connectivity index (χ1) is 5.27. The average Bonchev–Trinajstić information content (AvgIpc) is 2.77. The summed E-state index contributed by atoms with van der Waals surface area (Å²) in [5, 5.41) is 0. The molecule has 0 radical (unpaired) electrons. The molecule has 0 N–H and O–H groups in total. The first-order valence-corrected chi connectivity index (χ1v) is 4.07. The van der Waals surface area contributed by atoms with E-state index in [9.17, 15) is 0 Å². The van der Waals surface area contributed by atoms with Gasteiger partial charge in [-0.3, -0.25) is 0 Å². The molecule has 0 unspecified atom stereocenters. The van der Waals surface area contributed by atoms with Gasteiger partial charge in [-0.15, -0.1) is 0 Å². The van der Waals surface area contributed by atoms with E-state index in [-0.39, 0.29) is 0 Å². The zero-order valence-corrected chi connectivity index (χ0v) is 6.96. The van der Waals surface area contributed by atoms with Crippen LogP contribution in [0, 0.1) is 13.8 Å². The molecule has 0 spiro atoms. The van der Waals surface area contributed by atoms with Gasteiger partial charge in [-0.05, 0) is 32.3 Å². The van der Waals surface area contributed by atoms with E-state index in [1.165, 1.54) is 18.4 Å². The van der Waals surface area contributed by atoms with Crippen LogP contribution in [0.15, 0.2) is 6.20 Å². The van der Waals surface area contributed by atoms with Crippen molar-refractivity contribution in [2.45, 2.75) is 32.6 Å². The van der Waals surface area contributed by atoms with Gasteiger partial charge in [0.2, 0.25) is 0 Å². The monoisotopic (exact) mass is 148 g/mol. The highest BCUT2D eigenvalue weighted by Gasteiger charge is 2.26. The Kier molecular flexibility index (Phi) is 1.41. The van der Waals surface area contributed by atoms with Crippen LogP contribution >= 0.6 is 0 Å². The molecular weight excluding hydrogens is 136 g/mol. The lowest BCUT2D eigenvalue weighted by atomic mass is 10.2. The van der Waals surface area contributed by atoms with E-state index in [2.05, 4.69) is 9.97 Å². The van der Waals surface area contributed by atoms with Crippen LogP contribution in [0.2, 0.25) is 0 Å². The van der Waals surface area contributed by atoms with Crippen molar-refractivity contribution in [2.24, 2.45) is 0 Å². The van der Waals surface area contributed by atoms with Gasteiger partial charge in [-0.25, -0.2) is 9.97 Å². The molecule has 1 saturated carbocycles. The molecule has 0 amide bonds. The molecule has 0 aromatic carbocycles. The number of aromatic nitrogens is 2. The van der Waals surface area contributed by atoms with Gasteiger partial charge in [-0.1, -0.05) is 0 Å². The van der Waals surface area contributed by atoms with E-state index in [0.29, 0.717) is 5.92 Å². The lowest BCUT2D eigenvalue weighted by Gasteiger charge is -2.00. The first-order valence-electron chi connectivity index (χ1n) is 4.07. The molecule has 2 nitrogen and oxygen atoms in total. The Labute approximate surface area is 66.7 Å².